The number of amides is 1. The van der Waals surface area contributed by atoms with Crippen molar-refractivity contribution < 1.29 is 4.79 Å². The molecule has 5 aromatic rings. The zero-order valence-electron chi connectivity index (χ0n) is 21.7. The van der Waals surface area contributed by atoms with Gasteiger partial charge in [-0.05, 0) is 78.9 Å². The molecular weight excluding hydrogens is 572 g/mol. The molecule has 0 saturated heterocycles. The Bertz CT molecular complexity index is 1650. The van der Waals surface area contributed by atoms with Gasteiger partial charge in [0.05, 0.1) is 11.1 Å². The highest BCUT2D eigenvalue weighted by molar-refractivity contribution is 9.10. The van der Waals surface area contributed by atoms with Gasteiger partial charge in [0.15, 0.2) is 5.65 Å². The smallest absolute Gasteiger partial charge is 0.255 e. The second-order valence-corrected chi connectivity index (χ2v) is 12.0. The first kappa shape index (κ1) is 26.6. The minimum atomic E-state index is -0.214. The van der Waals surface area contributed by atoms with Crippen LogP contribution in [0.1, 0.15) is 36.8 Å². The van der Waals surface area contributed by atoms with Crippen LogP contribution in [0.4, 0.5) is 22.9 Å². The fraction of sp³-hybridized carbons (Fsp3) is 0.133. The van der Waals surface area contributed by atoms with Crippen molar-refractivity contribution in [2.75, 3.05) is 16.4 Å². The van der Waals surface area contributed by atoms with Crippen LogP contribution in [-0.2, 0) is 5.41 Å². The third-order valence-electron chi connectivity index (χ3n) is 5.97. The first-order valence-electron chi connectivity index (χ1n) is 12.3. The molecule has 4 N–H and O–H groups in total. The number of hydrogen-bond donors (Lipinski definition) is 3. The SMILES string of the molecule is CC(C)(C)c1ccc2c(Nc3cc(C(=O)Nc4ccc(Br)cc4)ccc3Sc3ccc(N)cc3)ncnc2n1. The largest absolute Gasteiger partial charge is 0.399 e. The summed E-state index contributed by atoms with van der Waals surface area (Å²) < 4.78 is 0.942. The minimum absolute atomic E-state index is 0.105. The molecule has 2 aromatic heterocycles. The molecule has 0 saturated carbocycles. The second kappa shape index (κ2) is 11.0. The molecule has 39 heavy (non-hydrogen) atoms. The molecule has 5 rings (SSSR count). The zero-order valence-corrected chi connectivity index (χ0v) is 24.1. The molecule has 0 radical (unpaired) electrons. The van der Waals surface area contributed by atoms with Crippen LogP contribution < -0.4 is 16.4 Å². The Morgan fingerprint density at radius 2 is 1.67 bits per heavy atom. The number of nitrogens with zero attached hydrogens (tertiary/aromatic N) is 3. The number of carbonyl (C=O) groups excluding carboxylic acids is 1. The lowest BCUT2D eigenvalue weighted by molar-refractivity contribution is 0.102. The zero-order chi connectivity index (χ0) is 27.6. The molecule has 7 nitrogen and oxygen atoms in total. The number of fused-ring (bicyclic) bond motifs is 1. The van der Waals surface area contributed by atoms with E-state index >= 15 is 0 Å². The van der Waals surface area contributed by atoms with Crippen molar-refractivity contribution in [1.29, 1.82) is 0 Å². The standard InChI is InChI=1S/C30H27BrN6OS/c1-30(2,3)26-15-13-23-27(33-17-34-28(23)37-26)36-24-16-18(29(38)35-21-9-5-19(31)6-10-21)4-14-25(24)39-22-11-7-20(32)8-12-22/h4-17H,32H2,1-3H3,(H,35,38)(H,33,34,36,37). The van der Waals surface area contributed by atoms with E-state index in [1.54, 1.807) is 11.8 Å². The molecule has 0 unspecified atom stereocenters. The van der Waals surface area contributed by atoms with Crippen molar-refractivity contribution in [2.45, 2.75) is 36.0 Å². The Hall–Kier alpha value is -3.95. The molecule has 0 aliphatic heterocycles. The molecule has 0 atom stereocenters. The molecule has 0 spiro atoms. The maximum atomic E-state index is 13.1. The quantitative estimate of drug-likeness (QED) is 0.171. The Morgan fingerprint density at radius 3 is 2.38 bits per heavy atom. The fourth-order valence-corrected chi connectivity index (χ4v) is 4.99. The summed E-state index contributed by atoms with van der Waals surface area (Å²) in [5.74, 6) is 0.394. The van der Waals surface area contributed by atoms with Gasteiger partial charge in [-0.25, -0.2) is 15.0 Å². The van der Waals surface area contributed by atoms with Crippen molar-refractivity contribution in [3.8, 4) is 0 Å². The molecule has 0 fully saturated rings. The molecule has 0 aliphatic carbocycles. The highest BCUT2D eigenvalue weighted by atomic mass is 79.9. The van der Waals surface area contributed by atoms with Gasteiger partial charge in [0.2, 0.25) is 0 Å². The Morgan fingerprint density at radius 1 is 0.923 bits per heavy atom. The molecule has 196 valence electrons. The molecule has 0 aliphatic rings. The lowest BCUT2D eigenvalue weighted by Gasteiger charge is -2.18. The predicted molar refractivity (Wildman–Crippen MR) is 163 cm³/mol. The number of rotatable bonds is 6. The van der Waals surface area contributed by atoms with E-state index in [9.17, 15) is 4.79 Å². The van der Waals surface area contributed by atoms with E-state index in [4.69, 9.17) is 10.7 Å². The van der Waals surface area contributed by atoms with Crippen molar-refractivity contribution in [1.82, 2.24) is 15.0 Å². The van der Waals surface area contributed by atoms with E-state index in [2.05, 4.69) is 57.3 Å². The summed E-state index contributed by atoms with van der Waals surface area (Å²) in [6, 6.07) is 24.7. The number of halogens is 1. The van der Waals surface area contributed by atoms with E-state index in [0.29, 0.717) is 28.4 Å². The van der Waals surface area contributed by atoms with Crippen LogP contribution in [0, 0.1) is 0 Å². The monoisotopic (exact) mass is 598 g/mol. The van der Waals surface area contributed by atoms with E-state index < -0.39 is 0 Å². The average molecular weight is 600 g/mol. The second-order valence-electron chi connectivity index (χ2n) is 10.0. The Labute approximate surface area is 239 Å². The summed E-state index contributed by atoms with van der Waals surface area (Å²) in [7, 11) is 0. The highest BCUT2D eigenvalue weighted by Crippen LogP contribution is 2.37. The van der Waals surface area contributed by atoms with E-state index in [-0.39, 0.29) is 11.3 Å². The average Bonchev–Trinajstić information content (AvgIpc) is 2.91. The number of nitrogens with one attached hydrogen (secondary N) is 2. The fourth-order valence-electron chi connectivity index (χ4n) is 3.84. The van der Waals surface area contributed by atoms with Crippen LogP contribution in [0.3, 0.4) is 0 Å². The lowest BCUT2D eigenvalue weighted by Crippen LogP contribution is -2.14. The lowest BCUT2D eigenvalue weighted by atomic mass is 9.91. The van der Waals surface area contributed by atoms with Crippen LogP contribution in [-0.4, -0.2) is 20.9 Å². The Balaban J connectivity index is 1.52. The number of pyridine rings is 1. The number of anilines is 4. The third kappa shape index (κ3) is 6.38. The number of hydrogen-bond acceptors (Lipinski definition) is 7. The predicted octanol–water partition coefficient (Wildman–Crippen LogP) is 7.81. The number of aromatic nitrogens is 3. The molecule has 2 heterocycles. The van der Waals surface area contributed by atoms with Gasteiger partial charge >= 0.3 is 0 Å². The van der Waals surface area contributed by atoms with Crippen molar-refractivity contribution >= 4 is 67.5 Å². The van der Waals surface area contributed by atoms with Crippen LogP contribution in [0.15, 0.2) is 99.5 Å². The van der Waals surface area contributed by atoms with Crippen molar-refractivity contribution in [3.63, 3.8) is 0 Å². The van der Waals surface area contributed by atoms with E-state index in [1.807, 2.05) is 78.9 Å². The summed E-state index contributed by atoms with van der Waals surface area (Å²) >= 11 is 4.99. The number of benzene rings is 3. The van der Waals surface area contributed by atoms with Crippen LogP contribution in [0.5, 0.6) is 0 Å². The third-order valence-corrected chi connectivity index (χ3v) is 7.58. The summed E-state index contributed by atoms with van der Waals surface area (Å²) in [5.41, 5.74) is 9.99. The minimum Gasteiger partial charge on any atom is -0.399 e. The van der Waals surface area contributed by atoms with Gasteiger partial charge in [-0.2, -0.15) is 0 Å². The topological polar surface area (TPSA) is 106 Å². The summed E-state index contributed by atoms with van der Waals surface area (Å²) in [4.78, 5) is 28.8. The van der Waals surface area contributed by atoms with Crippen LogP contribution >= 0.6 is 27.7 Å². The molecule has 0 bridgehead atoms. The van der Waals surface area contributed by atoms with Gasteiger partial charge in [0.1, 0.15) is 12.1 Å². The van der Waals surface area contributed by atoms with Gasteiger partial charge in [0.25, 0.3) is 5.91 Å². The maximum Gasteiger partial charge on any atom is 0.255 e. The Kier molecular flexibility index (Phi) is 7.54. The summed E-state index contributed by atoms with van der Waals surface area (Å²) in [6.45, 7) is 6.35. The van der Waals surface area contributed by atoms with E-state index in [1.165, 1.54) is 6.33 Å². The maximum absolute atomic E-state index is 13.1. The summed E-state index contributed by atoms with van der Waals surface area (Å²) in [6.07, 6.45) is 1.50. The van der Waals surface area contributed by atoms with Crippen molar-refractivity contribution in [3.05, 3.63) is 101 Å². The normalized spacial score (nSPS) is 11.4. The number of nitrogens with two attached hydrogens (primary N) is 1. The highest BCUT2D eigenvalue weighted by Gasteiger charge is 2.18. The van der Waals surface area contributed by atoms with Crippen LogP contribution in [0.2, 0.25) is 0 Å². The first-order chi connectivity index (χ1) is 18.7. The summed E-state index contributed by atoms with van der Waals surface area (Å²) in [5, 5.41) is 7.20. The van der Waals surface area contributed by atoms with Gasteiger partial charge in [-0.1, -0.05) is 48.5 Å². The molecule has 3 aromatic carbocycles. The van der Waals surface area contributed by atoms with Gasteiger partial charge in [0, 0.05) is 42.3 Å². The number of carbonyl (C=O) groups is 1. The van der Waals surface area contributed by atoms with Crippen LogP contribution in [0.25, 0.3) is 11.0 Å². The first-order valence-corrected chi connectivity index (χ1v) is 13.9. The van der Waals surface area contributed by atoms with Gasteiger partial charge in [-0.3, -0.25) is 4.79 Å². The molecular formula is C30H27BrN6OS. The van der Waals surface area contributed by atoms with Gasteiger partial charge in [-0.15, -0.1) is 0 Å². The van der Waals surface area contributed by atoms with Crippen molar-refractivity contribution in [2.24, 2.45) is 0 Å². The van der Waals surface area contributed by atoms with Gasteiger partial charge < -0.3 is 16.4 Å². The number of nitrogen functional groups attached to an aromatic ring is 1. The molecule has 9 heteroatoms. The molecule has 1 amide bonds. The van der Waals surface area contributed by atoms with E-state index in [0.717, 1.165) is 31.0 Å².